The lowest BCUT2D eigenvalue weighted by Crippen LogP contribution is -2.17. The van der Waals surface area contributed by atoms with E-state index in [1.165, 1.54) is 0 Å². The number of carbonyl (C=O) groups is 1. The van der Waals surface area contributed by atoms with Crippen molar-refractivity contribution in [2.45, 2.75) is 19.8 Å². The van der Waals surface area contributed by atoms with Crippen molar-refractivity contribution < 1.29 is 9.53 Å². The average Bonchev–Trinajstić information content (AvgIpc) is 2.39. The summed E-state index contributed by atoms with van der Waals surface area (Å²) in [7, 11) is 0. The number of aromatic nitrogens is 2. The van der Waals surface area contributed by atoms with Gasteiger partial charge in [0, 0.05) is 15.4 Å². The Bertz CT molecular complexity index is 713. The van der Waals surface area contributed by atoms with Crippen LogP contribution in [0, 0.1) is 0 Å². The van der Waals surface area contributed by atoms with Crippen molar-refractivity contribution in [2.75, 3.05) is 6.61 Å². The number of benzene rings is 1. The normalized spacial score (nSPS) is 10.8. The maximum absolute atomic E-state index is 11.9. The zero-order chi connectivity index (χ0) is 14.7. The molecule has 2 aromatic rings. The highest BCUT2D eigenvalue weighted by molar-refractivity contribution is 9.13. The SMILES string of the molecule is CCOC(=O)CCc1nc2cc(Br)c(Br)cc2[nH]c1=O. The van der Waals surface area contributed by atoms with Crippen molar-refractivity contribution in [2.24, 2.45) is 0 Å². The standard InChI is InChI=1S/C13H12Br2N2O3/c1-2-20-12(18)4-3-9-13(19)17-11-6-8(15)7(14)5-10(11)16-9/h5-6H,2-4H2,1H3,(H,17,19). The Morgan fingerprint density at radius 2 is 2.05 bits per heavy atom. The van der Waals surface area contributed by atoms with Gasteiger partial charge >= 0.3 is 5.97 Å². The van der Waals surface area contributed by atoms with Crippen LogP contribution in [0.15, 0.2) is 25.9 Å². The molecule has 0 spiro atoms. The van der Waals surface area contributed by atoms with Crippen LogP contribution in [-0.2, 0) is 16.0 Å². The summed E-state index contributed by atoms with van der Waals surface area (Å²) in [4.78, 5) is 30.3. The third kappa shape index (κ3) is 3.46. The summed E-state index contributed by atoms with van der Waals surface area (Å²) < 4.78 is 6.52. The van der Waals surface area contributed by atoms with Crippen LogP contribution in [0.3, 0.4) is 0 Å². The predicted molar refractivity (Wildman–Crippen MR) is 82.7 cm³/mol. The minimum atomic E-state index is -0.328. The molecule has 0 bridgehead atoms. The Kier molecular flexibility index (Phi) is 4.93. The molecule has 0 fully saturated rings. The zero-order valence-electron chi connectivity index (χ0n) is 10.7. The van der Waals surface area contributed by atoms with Gasteiger partial charge < -0.3 is 9.72 Å². The first kappa shape index (κ1) is 15.2. The number of ether oxygens (including phenoxy) is 1. The van der Waals surface area contributed by atoms with Crippen molar-refractivity contribution in [3.8, 4) is 0 Å². The van der Waals surface area contributed by atoms with Gasteiger partial charge in [-0.3, -0.25) is 9.59 Å². The molecule has 0 aliphatic carbocycles. The van der Waals surface area contributed by atoms with E-state index in [0.29, 0.717) is 23.3 Å². The molecule has 0 aliphatic rings. The first-order chi connectivity index (χ1) is 9.51. The molecule has 1 aromatic heterocycles. The zero-order valence-corrected chi connectivity index (χ0v) is 13.9. The molecule has 0 saturated carbocycles. The second kappa shape index (κ2) is 6.49. The quantitative estimate of drug-likeness (QED) is 0.796. The summed E-state index contributed by atoms with van der Waals surface area (Å²) in [5.41, 5.74) is 1.36. The number of rotatable bonds is 4. The Labute approximate surface area is 132 Å². The summed E-state index contributed by atoms with van der Waals surface area (Å²) in [6.07, 6.45) is 0.408. The number of fused-ring (bicyclic) bond motifs is 1. The molecule has 7 heteroatoms. The summed E-state index contributed by atoms with van der Waals surface area (Å²) in [5.74, 6) is -0.328. The molecule has 106 valence electrons. The van der Waals surface area contributed by atoms with Crippen molar-refractivity contribution in [1.29, 1.82) is 0 Å². The molecule has 1 heterocycles. The van der Waals surface area contributed by atoms with Crippen LogP contribution in [0.1, 0.15) is 19.0 Å². The van der Waals surface area contributed by atoms with Gasteiger partial charge in [0.15, 0.2) is 0 Å². The first-order valence-electron chi connectivity index (χ1n) is 6.05. The lowest BCUT2D eigenvalue weighted by atomic mass is 10.2. The molecule has 0 atom stereocenters. The van der Waals surface area contributed by atoms with Crippen molar-refractivity contribution in [3.05, 3.63) is 37.1 Å². The molecule has 1 aromatic carbocycles. The number of aromatic amines is 1. The number of carbonyl (C=O) groups excluding carboxylic acids is 1. The molecule has 0 unspecified atom stereocenters. The largest absolute Gasteiger partial charge is 0.466 e. The fourth-order valence-corrected chi connectivity index (χ4v) is 2.42. The smallest absolute Gasteiger partial charge is 0.306 e. The highest BCUT2D eigenvalue weighted by atomic mass is 79.9. The molecular formula is C13H12Br2N2O3. The minimum Gasteiger partial charge on any atom is -0.466 e. The van der Waals surface area contributed by atoms with Crippen LogP contribution in [0.25, 0.3) is 11.0 Å². The van der Waals surface area contributed by atoms with Crippen LogP contribution in [0.5, 0.6) is 0 Å². The maximum Gasteiger partial charge on any atom is 0.306 e. The molecular weight excluding hydrogens is 392 g/mol. The third-order valence-corrected chi connectivity index (χ3v) is 4.52. The molecule has 0 amide bonds. The molecule has 0 radical (unpaired) electrons. The van der Waals surface area contributed by atoms with E-state index in [1.807, 2.05) is 6.07 Å². The highest BCUT2D eigenvalue weighted by Gasteiger charge is 2.10. The molecule has 0 saturated heterocycles. The average molecular weight is 404 g/mol. The number of esters is 1. The van der Waals surface area contributed by atoms with Crippen LogP contribution < -0.4 is 5.56 Å². The second-order valence-corrected chi connectivity index (χ2v) is 5.81. The number of nitrogens with zero attached hydrogens (tertiary/aromatic N) is 1. The second-order valence-electron chi connectivity index (χ2n) is 4.10. The summed E-state index contributed by atoms with van der Waals surface area (Å²) in [6.45, 7) is 2.08. The van der Waals surface area contributed by atoms with Gasteiger partial charge in [0.05, 0.1) is 24.1 Å². The monoisotopic (exact) mass is 402 g/mol. The summed E-state index contributed by atoms with van der Waals surface area (Å²) >= 11 is 6.76. The lowest BCUT2D eigenvalue weighted by molar-refractivity contribution is -0.143. The van der Waals surface area contributed by atoms with Crippen LogP contribution in [-0.4, -0.2) is 22.5 Å². The number of halogens is 2. The van der Waals surface area contributed by atoms with Crippen LogP contribution in [0.2, 0.25) is 0 Å². The Morgan fingerprint density at radius 3 is 2.75 bits per heavy atom. The molecule has 5 nitrogen and oxygen atoms in total. The van der Waals surface area contributed by atoms with Crippen LogP contribution in [0.4, 0.5) is 0 Å². The van der Waals surface area contributed by atoms with E-state index in [4.69, 9.17) is 4.74 Å². The number of hydrogen-bond donors (Lipinski definition) is 1. The minimum absolute atomic E-state index is 0.146. The van der Waals surface area contributed by atoms with Gasteiger partial charge in [0.25, 0.3) is 5.56 Å². The maximum atomic E-state index is 11.9. The lowest BCUT2D eigenvalue weighted by Gasteiger charge is -2.04. The Morgan fingerprint density at radius 1 is 1.35 bits per heavy atom. The van der Waals surface area contributed by atoms with Gasteiger partial charge in [-0.05, 0) is 50.9 Å². The van der Waals surface area contributed by atoms with E-state index in [2.05, 4.69) is 41.8 Å². The number of nitrogens with one attached hydrogen (secondary N) is 1. The Hall–Kier alpha value is -1.21. The van der Waals surface area contributed by atoms with Crippen molar-refractivity contribution in [1.82, 2.24) is 9.97 Å². The topological polar surface area (TPSA) is 72.0 Å². The van der Waals surface area contributed by atoms with Gasteiger partial charge in [-0.15, -0.1) is 0 Å². The third-order valence-electron chi connectivity index (χ3n) is 2.68. The number of H-pyrrole nitrogens is 1. The predicted octanol–water partition coefficient (Wildman–Crippen LogP) is 2.94. The summed E-state index contributed by atoms with van der Waals surface area (Å²) in [6, 6.07) is 3.59. The molecule has 2 rings (SSSR count). The van der Waals surface area contributed by atoms with Crippen molar-refractivity contribution >= 4 is 48.9 Å². The first-order valence-corrected chi connectivity index (χ1v) is 7.63. The fraction of sp³-hybridized carbons (Fsp3) is 0.308. The van der Waals surface area contributed by atoms with E-state index in [0.717, 1.165) is 8.95 Å². The molecule has 0 aliphatic heterocycles. The van der Waals surface area contributed by atoms with Gasteiger partial charge in [-0.25, -0.2) is 4.98 Å². The van der Waals surface area contributed by atoms with Gasteiger partial charge in [0.2, 0.25) is 0 Å². The van der Waals surface area contributed by atoms with E-state index in [1.54, 1.807) is 13.0 Å². The van der Waals surface area contributed by atoms with Gasteiger partial charge in [0.1, 0.15) is 5.69 Å². The van der Waals surface area contributed by atoms with E-state index >= 15 is 0 Å². The van der Waals surface area contributed by atoms with E-state index in [-0.39, 0.29) is 24.4 Å². The van der Waals surface area contributed by atoms with Gasteiger partial charge in [-0.2, -0.15) is 0 Å². The molecule has 1 N–H and O–H groups in total. The van der Waals surface area contributed by atoms with Gasteiger partial charge in [-0.1, -0.05) is 0 Å². The van der Waals surface area contributed by atoms with E-state index in [9.17, 15) is 9.59 Å². The Balaban J connectivity index is 2.30. The van der Waals surface area contributed by atoms with E-state index < -0.39 is 0 Å². The highest BCUT2D eigenvalue weighted by Crippen LogP contribution is 2.26. The van der Waals surface area contributed by atoms with Crippen molar-refractivity contribution in [3.63, 3.8) is 0 Å². The summed E-state index contributed by atoms with van der Waals surface area (Å²) in [5, 5.41) is 0. The number of hydrogen-bond acceptors (Lipinski definition) is 4. The number of aryl methyl sites for hydroxylation is 1. The van der Waals surface area contributed by atoms with Crippen LogP contribution >= 0.6 is 31.9 Å². The molecule has 20 heavy (non-hydrogen) atoms. The fourth-order valence-electron chi connectivity index (χ4n) is 1.74.